The summed E-state index contributed by atoms with van der Waals surface area (Å²) in [5.41, 5.74) is 0.0300. The van der Waals surface area contributed by atoms with Crippen LogP contribution in [0.1, 0.15) is 5.56 Å². The molecule has 5 heteroatoms. The van der Waals surface area contributed by atoms with E-state index in [4.69, 9.17) is 10.2 Å². The van der Waals surface area contributed by atoms with Crippen molar-refractivity contribution in [3.05, 3.63) is 35.9 Å². The Morgan fingerprint density at radius 1 is 1.46 bits per heavy atom. The second kappa shape index (κ2) is 3.66. The Morgan fingerprint density at radius 2 is 2.15 bits per heavy atom. The van der Waals surface area contributed by atoms with Crippen LogP contribution in [0.4, 0.5) is 4.39 Å². The number of carboxylic acid groups (broad SMARTS) is 1. The molecule has 0 radical (unpaired) electrons. The van der Waals surface area contributed by atoms with Crippen LogP contribution < -0.4 is 0 Å². The summed E-state index contributed by atoms with van der Waals surface area (Å²) in [4.78, 5) is 13.6. The Morgan fingerprint density at radius 3 is 2.69 bits per heavy atom. The highest BCUT2D eigenvalue weighted by atomic mass is 19.1. The van der Waals surface area contributed by atoms with E-state index in [0.29, 0.717) is 6.08 Å². The van der Waals surface area contributed by atoms with Gasteiger partial charge in [0.15, 0.2) is 0 Å². The Labute approximate surface area is 73.0 Å². The van der Waals surface area contributed by atoms with E-state index < -0.39 is 17.5 Å². The summed E-state index contributed by atoms with van der Waals surface area (Å²) in [5.74, 6) is -2.47. The summed E-state index contributed by atoms with van der Waals surface area (Å²) in [6.45, 7) is 0. The lowest BCUT2D eigenvalue weighted by Gasteiger charge is -1.97. The number of halogens is 1. The Balaban J connectivity index is 3.02. The molecule has 0 aliphatic heterocycles. The molecule has 0 aliphatic carbocycles. The molecule has 0 aromatic carbocycles. The average Bonchev–Trinajstić information content (AvgIpc) is 2.03. The summed E-state index contributed by atoms with van der Waals surface area (Å²) in [6.07, 6.45) is 2.69. The molecule has 4 nitrogen and oxygen atoms in total. The van der Waals surface area contributed by atoms with Gasteiger partial charge in [-0.05, 0) is 6.07 Å². The number of rotatable bonds is 2. The number of carbonyl (C=O) groups is 1. The van der Waals surface area contributed by atoms with Gasteiger partial charge < -0.3 is 10.2 Å². The normalized spacial score (nSPS) is 11.3. The Bertz CT molecular complexity index is 362. The van der Waals surface area contributed by atoms with Crippen LogP contribution in [0.3, 0.4) is 0 Å². The predicted molar refractivity (Wildman–Crippen MR) is 42.4 cm³/mol. The second-order valence-corrected chi connectivity index (χ2v) is 2.26. The average molecular weight is 183 g/mol. The number of hydrogen-bond acceptors (Lipinski definition) is 3. The fraction of sp³-hybridized carbons (Fsp3) is 0. The van der Waals surface area contributed by atoms with Crippen molar-refractivity contribution in [1.29, 1.82) is 0 Å². The standard InChI is InChI=1S/C8H6FNO3/c9-6-1-5(3-10-4-6)7(11)2-8(12)13/h1-4,11H,(H,12,13)/b7-2-. The smallest absolute Gasteiger partial charge is 0.332 e. The summed E-state index contributed by atoms with van der Waals surface area (Å²) in [6, 6.07) is 0.988. The molecule has 0 fully saturated rings. The maximum absolute atomic E-state index is 12.5. The topological polar surface area (TPSA) is 70.4 Å². The van der Waals surface area contributed by atoms with Crippen molar-refractivity contribution in [3.63, 3.8) is 0 Å². The van der Waals surface area contributed by atoms with Crippen molar-refractivity contribution in [2.45, 2.75) is 0 Å². The van der Waals surface area contributed by atoms with Crippen molar-refractivity contribution in [1.82, 2.24) is 4.98 Å². The third-order valence-electron chi connectivity index (χ3n) is 1.26. The van der Waals surface area contributed by atoms with Crippen LogP contribution in [-0.2, 0) is 4.79 Å². The van der Waals surface area contributed by atoms with E-state index >= 15 is 0 Å². The van der Waals surface area contributed by atoms with Crippen molar-refractivity contribution in [2.24, 2.45) is 0 Å². The highest BCUT2D eigenvalue weighted by molar-refractivity contribution is 5.87. The molecule has 1 aromatic heterocycles. The predicted octanol–water partition coefficient (Wildman–Crippen LogP) is 1.20. The zero-order valence-corrected chi connectivity index (χ0v) is 6.44. The highest BCUT2D eigenvalue weighted by Crippen LogP contribution is 2.10. The van der Waals surface area contributed by atoms with Gasteiger partial charge in [-0.25, -0.2) is 9.18 Å². The van der Waals surface area contributed by atoms with Crippen LogP contribution in [0.5, 0.6) is 0 Å². The molecule has 1 aromatic rings. The lowest BCUT2D eigenvalue weighted by molar-refractivity contribution is -0.131. The van der Waals surface area contributed by atoms with Gasteiger partial charge in [0.05, 0.1) is 12.3 Å². The van der Waals surface area contributed by atoms with Crippen molar-refractivity contribution in [3.8, 4) is 0 Å². The van der Waals surface area contributed by atoms with E-state index in [1.165, 1.54) is 0 Å². The van der Waals surface area contributed by atoms with Gasteiger partial charge in [-0.2, -0.15) is 0 Å². The summed E-state index contributed by atoms with van der Waals surface area (Å²) in [7, 11) is 0. The third-order valence-corrected chi connectivity index (χ3v) is 1.26. The van der Waals surface area contributed by atoms with Crippen LogP contribution in [-0.4, -0.2) is 21.2 Å². The van der Waals surface area contributed by atoms with Gasteiger partial charge in [0.2, 0.25) is 0 Å². The number of pyridine rings is 1. The molecule has 0 atom stereocenters. The fourth-order valence-corrected chi connectivity index (χ4v) is 0.752. The first-order valence-corrected chi connectivity index (χ1v) is 3.34. The van der Waals surface area contributed by atoms with Gasteiger partial charge in [0.1, 0.15) is 11.6 Å². The van der Waals surface area contributed by atoms with Gasteiger partial charge in [0.25, 0.3) is 0 Å². The van der Waals surface area contributed by atoms with E-state index in [0.717, 1.165) is 18.5 Å². The van der Waals surface area contributed by atoms with Crippen LogP contribution >= 0.6 is 0 Å². The molecule has 0 saturated heterocycles. The van der Waals surface area contributed by atoms with Gasteiger partial charge in [-0.1, -0.05) is 0 Å². The van der Waals surface area contributed by atoms with Crippen LogP contribution in [0.2, 0.25) is 0 Å². The van der Waals surface area contributed by atoms with Gasteiger partial charge in [-0.3, -0.25) is 4.98 Å². The molecular formula is C8H6FNO3. The molecule has 1 rings (SSSR count). The van der Waals surface area contributed by atoms with E-state index in [1.54, 1.807) is 0 Å². The number of aliphatic carboxylic acids is 1. The molecule has 0 saturated carbocycles. The second-order valence-electron chi connectivity index (χ2n) is 2.26. The Hall–Kier alpha value is -1.91. The minimum absolute atomic E-state index is 0.0300. The fourth-order valence-electron chi connectivity index (χ4n) is 0.752. The van der Waals surface area contributed by atoms with Crippen molar-refractivity contribution < 1.29 is 19.4 Å². The highest BCUT2D eigenvalue weighted by Gasteiger charge is 2.02. The van der Waals surface area contributed by atoms with E-state index in [2.05, 4.69) is 4.98 Å². The quantitative estimate of drug-likeness (QED) is 0.534. The molecule has 0 spiro atoms. The minimum atomic E-state index is -1.30. The number of carboxylic acids is 1. The lowest BCUT2D eigenvalue weighted by atomic mass is 10.2. The molecular weight excluding hydrogens is 177 g/mol. The molecule has 1 heterocycles. The summed E-state index contributed by atoms with van der Waals surface area (Å²) < 4.78 is 12.5. The largest absolute Gasteiger partial charge is 0.507 e. The van der Waals surface area contributed by atoms with Crippen molar-refractivity contribution >= 4 is 11.7 Å². The number of aromatic nitrogens is 1. The zero-order chi connectivity index (χ0) is 9.84. The first kappa shape index (κ1) is 9.18. The molecule has 68 valence electrons. The number of nitrogens with zero attached hydrogens (tertiary/aromatic N) is 1. The van der Waals surface area contributed by atoms with E-state index in [-0.39, 0.29) is 5.56 Å². The monoisotopic (exact) mass is 183 g/mol. The van der Waals surface area contributed by atoms with Crippen LogP contribution in [0, 0.1) is 5.82 Å². The van der Waals surface area contributed by atoms with Crippen LogP contribution in [0.25, 0.3) is 5.76 Å². The van der Waals surface area contributed by atoms with E-state index in [1.807, 2.05) is 0 Å². The first-order valence-electron chi connectivity index (χ1n) is 3.34. The number of hydrogen-bond donors (Lipinski definition) is 2. The maximum atomic E-state index is 12.5. The molecule has 2 N–H and O–H groups in total. The summed E-state index contributed by atoms with van der Waals surface area (Å²) >= 11 is 0. The molecule has 0 bridgehead atoms. The molecule has 0 amide bonds. The first-order chi connectivity index (χ1) is 6.09. The number of aliphatic hydroxyl groups is 1. The van der Waals surface area contributed by atoms with Crippen molar-refractivity contribution in [2.75, 3.05) is 0 Å². The summed E-state index contributed by atoms with van der Waals surface area (Å²) in [5, 5.41) is 17.4. The zero-order valence-electron chi connectivity index (χ0n) is 6.44. The van der Waals surface area contributed by atoms with Gasteiger partial charge in [-0.15, -0.1) is 0 Å². The number of aliphatic hydroxyl groups excluding tert-OH is 1. The maximum Gasteiger partial charge on any atom is 0.332 e. The van der Waals surface area contributed by atoms with Crippen LogP contribution in [0.15, 0.2) is 24.5 Å². The molecule has 0 aliphatic rings. The minimum Gasteiger partial charge on any atom is -0.507 e. The Kier molecular flexibility index (Phi) is 2.59. The SMILES string of the molecule is O=C(O)/C=C(\O)c1cncc(F)c1. The third kappa shape index (κ3) is 2.55. The molecule has 0 unspecified atom stereocenters. The van der Waals surface area contributed by atoms with Gasteiger partial charge in [0, 0.05) is 11.8 Å². The van der Waals surface area contributed by atoms with E-state index in [9.17, 15) is 9.18 Å². The molecule has 13 heavy (non-hydrogen) atoms. The lowest BCUT2D eigenvalue weighted by Crippen LogP contribution is -1.93. The van der Waals surface area contributed by atoms with Gasteiger partial charge >= 0.3 is 5.97 Å².